The van der Waals surface area contributed by atoms with Crippen molar-refractivity contribution in [2.45, 2.75) is 31.2 Å². The van der Waals surface area contributed by atoms with Crippen LogP contribution in [0.15, 0.2) is 24.3 Å². The number of hydrogen-bond acceptors (Lipinski definition) is 3. The lowest BCUT2D eigenvalue weighted by Crippen LogP contribution is -2.30. The number of rotatable bonds is 4. The standard InChI is InChI=1S/C15H22N2O2/c1-17-8-6-11(7-9-17)12-4-2-3-5-13(12)14(16)10-15(18)19/h2-5,11,14H,6-10,16H2,1H3,(H,18,19). The Hall–Kier alpha value is -1.39. The van der Waals surface area contributed by atoms with E-state index < -0.39 is 12.0 Å². The zero-order valence-electron chi connectivity index (χ0n) is 11.4. The summed E-state index contributed by atoms with van der Waals surface area (Å²) < 4.78 is 0. The van der Waals surface area contributed by atoms with Gasteiger partial charge >= 0.3 is 5.97 Å². The first kappa shape index (κ1) is 14.0. The molecule has 1 aliphatic rings. The molecule has 2 rings (SSSR count). The van der Waals surface area contributed by atoms with E-state index in [1.807, 2.05) is 18.2 Å². The highest BCUT2D eigenvalue weighted by Gasteiger charge is 2.23. The number of likely N-dealkylation sites (tertiary alicyclic amines) is 1. The van der Waals surface area contributed by atoms with E-state index in [4.69, 9.17) is 10.8 Å². The Balaban J connectivity index is 2.18. The Labute approximate surface area is 114 Å². The SMILES string of the molecule is CN1CCC(c2ccccc2C(N)CC(=O)O)CC1. The lowest BCUT2D eigenvalue weighted by atomic mass is 9.84. The third kappa shape index (κ3) is 3.55. The summed E-state index contributed by atoms with van der Waals surface area (Å²) in [5.41, 5.74) is 8.28. The third-order valence-corrected chi connectivity index (χ3v) is 3.95. The highest BCUT2D eigenvalue weighted by Crippen LogP contribution is 2.32. The monoisotopic (exact) mass is 262 g/mol. The number of carboxylic acids is 1. The topological polar surface area (TPSA) is 66.6 Å². The lowest BCUT2D eigenvalue weighted by Gasteiger charge is -2.31. The van der Waals surface area contributed by atoms with Gasteiger partial charge in [0.25, 0.3) is 0 Å². The van der Waals surface area contributed by atoms with Crippen LogP contribution in [0.5, 0.6) is 0 Å². The highest BCUT2D eigenvalue weighted by molar-refractivity contribution is 5.68. The van der Waals surface area contributed by atoms with Crippen molar-refractivity contribution in [1.82, 2.24) is 4.90 Å². The van der Waals surface area contributed by atoms with E-state index >= 15 is 0 Å². The highest BCUT2D eigenvalue weighted by atomic mass is 16.4. The van der Waals surface area contributed by atoms with Crippen molar-refractivity contribution in [2.75, 3.05) is 20.1 Å². The van der Waals surface area contributed by atoms with E-state index in [-0.39, 0.29) is 6.42 Å². The van der Waals surface area contributed by atoms with Crippen molar-refractivity contribution in [2.24, 2.45) is 5.73 Å². The number of nitrogens with zero attached hydrogens (tertiary/aromatic N) is 1. The maximum atomic E-state index is 10.8. The summed E-state index contributed by atoms with van der Waals surface area (Å²) in [6, 6.07) is 7.63. The van der Waals surface area contributed by atoms with Crippen molar-refractivity contribution >= 4 is 5.97 Å². The van der Waals surface area contributed by atoms with Crippen molar-refractivity contribution in [3.63, 3.8) is 0 Å². The largest absolute Gasteiger partial charge is 0.481 e. The number of hydrogen-bond donors (Lipinski definition) is 2. The van der Waals surface area contributed by atoms with Crippen LogP contribution in [-0.4, -0.2) is 36.1 Å². The summed E-state index contributed by atoms with van der Waals surface area (Å²) in [7, 11) is 2.14. The fourth-order valence-corrected chi connectivity index (χ4v) is 2.84. The summed E-state index contributed by atoms with van der Waals surface area (Å²) in [5, 5.41) is 8.89. The average Bonchev–Trinajstić information content (AvgIpc) is 2.39. The molecular formula is C15H22N2O2. The normalized spacial score (nSPS) is 19.3. The summed E-state index contributed by atoms with van der Waals surface area (Å²) in [6.45, 7) is 2.18. The molecule has 1 aromatic rings. The molecule has 1 aromatic carbocycles. The van der Waals surface area contributed by atoms with E-state index in [0.717, 1.165) is 31.5 Å². The molecule has 3 N–H and O–H groups in total. The summed E-state index contributed by atoms with van der Waals surface area (Å²) in [5.74, 6) is -0.335. The smallest absolute Gasteiger partial charge is 0.305 e. The molecule has 0 bridgehead atoms. The molecule has 0 amide bonds. The van der Waals surface area contributed by atoms with Crippen molar-refractivity contribution < 1.29 is 9.90 Å². The number of aliphatic carboxylic acids is 1. The maximum absolute atomic E-state index is 10.8. The summed E-state index contributed by atoms with van der Waals surface area (Å²) >= 11 is 0. The van der Waals surface area contributed by atoms with E-state index in [0.29, 0.717) is 5.92 Å². The van der Waals surface area contributed by atoms with Gasteiger partial charge in [0.2, 0.25) is 0 Å². The van der Waals surface area contributed by atoms with Crippen LogP contribution in [0.4, 0.5) is 0 Å². The minimum Gasteiger partial charge on any atom is -0.481 e. The molecule has 1 atom stereocenters. The van der Waals surface area contributed by atoms with Crippen LogP contribution in [0.25, 0.3) is 0 Å². The van der Waals surface area contributed by atoms with Crippen molar-refractivity contribution in [1.29, 1.82) is 0 Å². The molecule has 1 heterocycles. The van der Waals surface area contributed by atoms with Crippen LogP contribution in [-0.2, 0) is 4.79 Å². The molecule has 4 heteroatoms. The molecule has 1 saturated heterocycles. The zero-order chi connectivity index (χ0) is 13.8. The van der Waals surface area contributed by atoms with E-state index in [9.17, 15) is 4.79 Å². The van der Waals surface area contributed by atoms with Gasteiger partial charge in [0, 0.05) is 6.04 Å². The first-order valence-electron chi connectivity index (χ1n) is 6.82. The molecule has 4 nitrogen and oxygen atoms in total. The molecule has 0 spiro atoms. The number of benzene rings is 1. The van der Waals surface area contributed by atoms with Crippen molar-refractivity contribution in [3.05, 3.63) is 35.4 Å². The van der Waals surface area contributed by atoms with Crippen LogP contribution in [0.1, 0.15) is 42.3 Å². The quantitative estimate of drug-likeness (QED) is 0.870. The Bertz CT molecular complexity index is 440. The van der Waals surface area contributed by atoms with Gasteiger partial charge in [-0.05, 0) is 50.0 Å². The molecule has 1 fully saturated rings. The van der Waals surface area contributed by atoms with Gasteiger partial charge in [-0.25, -0.2) is 0 Å². The second-order valence-corrected chi connectivity index (χ2v) is 5.41. The first-order valence-corrected chi connectivity index (χ1v) is 6.82. The molecule has 0 aromatic heterocycles. The van der Waals surface area contributed by atoms with Gasteiger partial charge < -0.3 is 15.7 Å². The third-order valence-electron chi connectivity index (χ3n) is 3.95. The molecule has 19 heavy (non-hydrogen) atoms. The van der Waals surface area contributed by atoms with Crippen LogP contribution >= 0.6 is 0 Å². The van der Waals surface area contributed by atoms with Gasteiger partial charge in [-0.2, -0.15) is 0 Å². The van der Waals surface area contributed by atoms with E-state index in [1.165, 1.54) is 5.56 Å². The second-order valence-electron chi connectivity index (χ2n) is 5.41. The van der Waals surface area contributed by atoms with Gasteiger partial charge in [0.15, 0.2) is 0 Å². The first-order chi connectivity index (χ1) is 9.08. The Kier molecular flexibility index (Phi) is 4.56. The van der Waals surface area contributed by atoms with Crippen LogP contribution in [0.3, 0.4) is 0 Å². The predicted octanol–water partition coefficient (Wildman–Crippen LogP) is 1.97. The van der Waals surface area contributed by atoms with Gasteiger partial charge in [-0.15, -0.1) is 0 Å². The predicted molar refractivity (Wildman–Crippen MR) is 75.1 cm³/mol. The fourth-order valence-electron chi connectivity index (χ4n) is 2.84. The lowest BCUT2D eigenvalue weighted by molar-refractivity contribution is -0.137. The number of nitrogens with two attached hydrogens (primary N) is 1. The number of piperidine rings is 1. The Morgan fingerprint density at radius 2 is 2.05 bits per heavy atom. The molecule has 0 aliphatic carbocycles. The van der Waals surface area contributed by atoms with Crippen LogP contribution < -0.4 is 5.73 Å². The van der Waals surface area contributed by atoms with Crippen molar-refractivity contribution in [3.8, 4) is 0 Å². The van der Waals surface area contributed by atoms with Gasteiger partial charge in [-0.1, -0.05) is 24.3 Å². The minimum atomic E-state index is -0.842. The summed E-state index contributed by atoms with van der Waals surface area (Å²) in [4.78, 5) is 13.2. The van der Waals surface area contributed by atoms with Crippen LogP contribution in [0, 0.1) is 0 Å². The Morgan fingerprint density at radius 1 is 1.42 bits per heavy atom. The van der Waals surface area contributed by atoms with Crippen LogP contribution in [0.2, 0.25) is 0 Å². The van der Waals surface area contributed by atoms with Gasteiger partial charge in [-0.3, -0.25) is 4.79 Å². The average molecular weight is 262 g/mol. The number of carbonyl (C=O) groups is 1. The number of carboxylic acid groups (broad SMARTS) is 1. The van der Waals surface area contributed by atoms with Gasteiger partial charge in [0.05, 0.1) is 6.42 Å². The molecular weight excluding hydrogens is 240 g/mol. The van der Waals surface area contributed by atoms with E-state index in [2.05, 4.69) is 18.0 Å². The van der Waals surface area contributed by atoms with Gasteiger partial charge in [0.1, 0.15) is 0 Å². The zero-order valence-corrected chi connectivity index (χ0v) is 11.4. The molecule has 1 unspecified atom stereocenters. The molecule has 1 aliphatic heterocycles. The minimum absolute atomic E-state index is 0.0103. The molecule has 0 radical (unpaired) electrons. The molecule has 0 saturated carbocycles. The maximum Gasteiger partial charge on any atom is 0.305 e. The Morgan fingerprint density at radius 3 is 2.68 bits per heavy atom. The van der Waals surface area contributed by atoms with E-state index in [1.54, 1.807) is 0 Å². The molecule has 104 valence electrons. The fraction of sp³-hybridized carbons (Fsp3) is 0.533. The summed E-state index contributed by atoms with van der Waals surface area (Å²) in [6.07, 6.45) is 2.23. The second kappa shape index (κ2) is 6.17.